The van der Waals surface area contributed by atoms with Crippen LogP contribution in [0.5, 0.6) is 0 Å². The third-order valence-electron chi connectivity index (χ3n) is 1.07. The largest absolute Gasteiger partial charge is 0.298 e. The molecule has 3 heteroatoms. The minimum absolute atomic E-state index is 0.461. The molecule has 0 spiro atoms. The fraction of sp³-hybridized carbons (Fsp3) is 0. The van der Waals surface area contributed by atoms with Crippen molar-refractivity contribution in [3.05, 3.63) is 33.8 Å². The van der Waals surface area contributed by atoms with Gasteiger partial charge in [-0.3, -0.25) is 5.41 Å². The zero-order chi connectivity index (χ0) is 7.56. The Kier molecular flexibility index (Phi) is 2.30. The Hall–Kier alpha value is -0.530. The lowest BCUT2D eigenvalue weighted by atomic mass is 10.2. The molecule has 0 aliphatic rings. The van der Waals surface area contributed by atoms with E-state index in [2.05, 4.69) is 6.21 Å². The van der Waals surface area contributed by atoms with E-state index in [1.54, 1.807) is 18.2 Å². The number of rotatable bonds is 1. The summed E-state index contributed by atoms with van der Waals surface area (Å²) in [5, 5.41) is 7.81. The van der Waals surface area contributed by atoms with Crippen molar-refractivity contribution in [2.24, 2.45) is 0 Å². The second-order valence-electron chi connectivity index (χ2n) is 1.75. The number of halogens is 2. The molecule has 1 rings (SSSR count). The van der Waals surface area contributed by atoms with Gasteiger partial charge in [-0.1, -0.05) is 23.2 Å². The van der Waals surface area contributed by atoms with Gasteiger partial charge >= 0.3 is 0 Å². The number of hydrogen-bond acceptors (Lipinski definition) is 1. The molecule has 1 radical (unpaired) electrons. The normalized spacial score (nSPS) is 9.40. The fourth-order valence-electron chi connectivity index (χ4n) is 0.591. The molecule has 0 amide bonds. The summed E-state index contributed by atoms with van der Waals surface area (Å²) in [7, 11) is 0. The van der Waals surface area contributed by atoms with E-state index >= 15 is 0 Å². The molecule has 0 aromatic heterocycles. The predicted octanol–water partition coefficient (Wildman–Crippen LogP) is 2.87. The molecular weight excluding hydrogens is 169 g/mol. The van der Waals surface area contributed by atoms with Crippen molar-refractivity contribution in [2.45, 2.75) is 0 Å². The molecule has 0 unspecified atom stereocenters. The first-order chi connectivity index (χ1) is 4.74. The quantitative estimate of drug-likeness (QED) is 0.631. The van der Waals surface area contributed by atoms with E-state index in [1.807, 2.05) is 0 Å². The Balaban J connectivity index is 3.19. The lowest BCUT2D eigenvalue weighted by Gasteiger charge is -1.94. The third-order valence-corrected chi connectivity index (χ3v) is 1.61. The Labute approximate surface area is 69.1 Å². The summed E-state index contributed by atoms with van der Waals surface area (Å²) in [5.41, 5.74) is 0.561. The van der Waals surface area contributed by atoms with Crippen molar-refractivity contribution in [1.82, 2.24) is 0 Å². The summed E-state index contributed by atoms with van der Waals surface area (Å²) < 4.78 is 0. The van der Waals surface area contributed by atoms with E-state index in [-0.39, 0.29) is 0 Å². The van der Waals surface area contributed by atoms with Crippen LogP contribution in [0, 0.1) is 5.41 Å². The average Bonchev–Trinajstić information content (AvgIpc) is 1.88. The monoisotopic (exact) mass is 172 g/mol. The van der Waals surface area contributed by atoms with Gasteiger partial charge in [0.1, 0.15) is 0 Å². The topological polar surface area (TPSA) is 23.9 Å². The van der Waals surface area contributed by atoms with E-state index < -0.39 is 0 Å². The zero-order valence-electron chi connectivity index (χ0n) is 4.99. The molecule has 0 bridgehead atoms. The number of nitrogens with one attached hydrogen (secondary N) is 1. The zero-order valence-corrected chi connectivity index (χ0v) is 6.50. The lowest BCUT2D eigenvalue weighted by Crippen LogP contribution is -1.79. The highest BCUT2D eigenvalue weighted by Gasteiger charge is 1.96. The Morgan fingerprint density at radius 3 is 2.50 bits per heavy atom. The molecule has 1 nitrogen and oxygen atoms in total. The van der Waals surface area contributed by atoms with Crippen LogP contribution in [-0.2, 0) is 0 Å². The van der Waals surface area contributed by atoms with Gasteiger partial charge in [0.15, 0.2) is 0 Å². The Bertz CT molecular complexity index is 258. The van der Waals surface area contributed by atoms with Crippen LogP contribution in [0.4, 0.5) is 0 Å². The smallest absolute Gasteiger partial charge is 0.0883 e. The molecule has 0 heterocycles. The molecule has 10 heavy (non-hydrogen) atoms. The summed E-state index contributed by atoms with van der Waals surface area (Å²) >= 11 is 11.3. The Morgan fingerprint density at radius 1 is 1.30 bits per heavy atom. The molecule has 0 aliphatic carbocycles. The van der Waals surface area contributed by atoms with Gasteiger partial charge in [-0.2, -0.15) is 0 Å². The SMILES string of the molecule is N=[C]c1ccc(Cl)cc1Cl. The van der Waals surface area contributed by atoms with E-state index in [4.69, 9.17) is 28.6 Å². The van der Waals surface area contributed by atoms with Crippen molar-refractivity contribution in [1.29, 1.82) is 5.41 Å². The van der Waals surface area contributed by atoms with Gasteiger partial charge < -0.3 is 0 Å². The lowest BCUT2D eigenvalue weighted by molar-refractivity contribution is 1.54. The van der Waals surface area contributed by atoms with Crippen LogP contribution in [0.15, 0.2) is 18.2 Å². The molecule has 1 N–H and O–H groups in total. The Morgan fingerprint density at radius 2 is 2.00 bits per heavy atom. The average molecular weight is 173 g/mol. The highest BCUT2D eigenvalue weighted by Crippen LogP contribution is 2.18. The summed E-state index contributed by atoms with van der Waals surface area (Å²) in [6.07, 6.45) is 2.18. The second kappa shape index (κ2) is 3.04. The van der Waals surface area contributed by atoms with Gasteiger partial charge in [-0.15, -0.1) is 0 Å². The van der Waals surface area contributed by atoms with Crippen LogP contribution in [0.1, 0.15) is 5.56 Å². The van der Waals surface area contributed by atoms with Gasteiger partial charge in [-0.25, -0.2) is 0 Å². The molecule has 0 aliphatic heterocycles. The number of hydrogen-bond donors (Lipinski definition) is 1. The molecule has 1 aromatic rings. The van der Waals surface area contributed by atoms with E-state index in [0.29, 0.717) is 15.6 Å². The molecule has 0 saturated carbocycles. The van der Waals surface area contributed by atoms with Crippen LogP contribution >= 0.6 is 23.2 Å². The van der Waals surface area contributed by atoms with Crippen molar-refractivity contribution >= 4 is 29.4 Å². The first-order valence-electron chi connectivity index (χ1n) is 2.62. The highest BCUT2D eigenvalue weighted by molar-refractivity contribution is 6.36. The molecule has 0 atom stereocenters. The first kappa shape index (κ1) is 7.58. The van der Waals surface area contributed by atoms with Gasteiger partial charge in [0.25, 0.3) is 0 Å². The predicted molar refractivity (Wildman–Crippen MR) is 43.3 cm³/mol. The van der Waals surface area contributed by atoms with Gasteiger partial charge in [0.2, 0.25) is 0 Å². The molecule has 51 valence electrons. The minimum atomic E-state index is 0.461. The molecule has 0 saturated heterocycles. The second-order valence-corrected chi connectivity index (χ2v) is 2.59. The van der Waals surface area contributed by atoms with E-state index in [9.17, 15) is 0 Å². The van der Waals surface area contributed by atoms with Crippen LogP contribution in [0.25, 0.3) is 0 Å². The maximum atomic E-state index is 6.78. The maximum absolute atomic E-state index is 6.78. The van der Waals surface area contributed by atoms with Crippen LogP contribution < -0.4 is 0 Å². The third kappa shape index (κ3) is 1.49. The van der Waals surface area contributed by atoms with Crippen LogP contribution in [0.3, 0.4) is 0 Å². The summed E-state index contributed by atoms with van der Waals surface area (Å²) in [6.45, 7) is 0. The van der Waals surface area contributed by atoms with Crippen molar-refractivity contribution in [3.63, 3.8) is 0 Å². The summed E-state index contributed by atoms with van der Waals surface area (Å²) in [6, 6.07) is 4.90. The molecule has 1 aromatic carbocycles. The standard InChI is InChI=1S/C7H4Cl2N/c8-6-2-1-5(4-10)7(9)3-6/h1-3,10H. The van der Waals surface area contributed by atoms with E-state index in [1.165, 1.54) is 0 Å². The van der Waals surface area contributed by atoms with Crippen LogP contribution in [0.2, 0.25) is 10.0 Å². The van der Waals surface area contributed by atoms with Crippen LogP contribution in [-0.4, -0.2) is 6.21 Å². The molecular formula is C7H4Cl2N. The van der Waals surface area contributed by atoms with Gasteiger partial charge in [0.05, 0.1) is 11.2 Å². The molecule has 0 fully saturated rings. The summed E-state index contributed by atoms with van der Waals surface area (Å²) in [4.78, 5) is 0. The van der Waals surface area contributed by atoms with E-state index in [0.717, 1.165) is 0 Å². The minimum Gasteiger partial charge on any atom is -0.298 e. The number of benzene rings is 1. The van der Waals surface area contributed by atoms with Crippen molar-refractivity contribution in [2.75, 3.05) is 0 Å². The van der Waals surface area contributed by atoms with Gasteiger partial charge in [0, 0.05) is 10.6 Å². The highest BCUT2D eigenvalue weighted by atomic mass is 35.5. The van der Waals surface area contributed by atoms with Crippen molar-refractivity contribution < 1.29 is 0 Å². The first-order valence-corrected chi connectivity index (χ1v) is 3.37. The summed E-state index contributed by atoms with van der Waals surface area (Å²) in [5.74, 6) is 0. The maximum Gasteiger partial charge on any atom is 0.0883 e. The fourth-order valence-corrected chi connectivity index (χ4v) is 1.05. The van der Waals surface area contributed by atoms with Gasteiger partial charge in [-0.05, 0) is 18.2 Å². The van der Waals surface area contributed by atoms with Crippen molar-refractivity contribution in [3.8, 4) is 0 Å².